The van der Waals surface area contributed by atoms with Gasteiger partial charge in [0.1, 0.15) is 5.75 Å². The third-order valence-corrected chi connectivity index (χ3v) is 3.78. The monoisotopic (exact) mass is 277 g/mol. The van der Waals surface area contributed by atoms with Crippen LogP contribution < -0.4 is 4.90 Å². The van der Waals surface area contributed by atoms with E-state index >= 15 is 0 Å². The lowest BCUT2D eigenvalue weighted by Gasteiger charge is -2.25. The van der Waals surface area contributed by atoms with Gasteiger partial charge in [-0.25, -0.2) is 0 Å². The van der Waals surface area contributed by atoms with Crippen molar-refractivity contribution in [3.05, 3.63) is 24.3 Å². The highest BCUT2D eigenvalue weighted by atomic mass is 16.3. The zero-order valence-electron chi connectivity index (χ0n) is 13.3. The highest BCUT2D eigenvalue weighted by Crippen LogP contribution is 2.20. The quantitative estimate of drug-likeness (QED) is 0.550. The third kappa shape index (κ3) is 6.83. The van der Waals surface area contributed by atoms with Crippen LogP contribution in [0, 0.1) is 0 Å². The van der Waals surface area contributed by atoms with Gasteiger partial charge in [-0.2, -0.15) is 0 Å². The maximum Gasteiger partial charge on any atom is 0.115 e. The summed E-state index contributed by atoms with van der Waals surface area (Å²) in [6, 6.07) is 7.66. The molecule has 2 nitrogen and oxygen atoms in total. The molecule has 0 aromatic heterocycles. The number of unbranched alkanes of at least 4 members (excludes halogenated alkanes) is 6. The molecule has 20 heavy (non-hydrogen) atoms. The Bertz CT molecular complexity index is 322. The third-order valence-electron chi connectivity index (χ3n) is 3.78. The van der Waals surface area contributed by atoms with Crippen molar-refractivity contribution in [3.63, 3.8) is 0 Å². The fraction of sp³-hybridized carbons (Fsp3) is 0.667. The Hall–Kier alpha value is -1.18. The summed E-state index contributed by atoms with van der Waals surface area (Å²) in [5.41, 5.74) is 1.25. The zero-order valence-corrected chi connectivity index (χ0v) is 13.3. The molecule has 1 aromatic carbocycles. The van der Waals surface area contributed by atoms with Crippen molar-refractivity contribution in [3.8, 4) is 5.75 Å². The predicted octanol–water partition coefficient (Wildman–Crippen LogP) is 5.36. The second-order valence-corrected chi connectivity index (χ2v) is 5.62. The Kier molecular flexibility index (Phi) is 8.93. The SMILES string of the molecule is CCCCCCN(CCCCCC)c1ccc(O)cc1. The van der Waals surface area contributed by atoms with E-state index in [-0.39, 0.29) is 0 Å². The summed E-state index contributed by atoms with van der Waals surface area (Å²) in [6.07, 6.45) is 10.4. The van der Waals surface area contributed by atoms with Crippen LogP contribution in [-0.2, 0) is 0 Å². The van der Waals surface area contributed by atoms with Gasteiger partial charge in [-0.05, 0) is 37.1 Å². The summed E-state index contributed by atoms with van der Waals surface area (Å²) in [7, 11) is 0. The number of nitrogens with zero attached hydrogens (tertiary/aromatic N) is 1. The fourth-order valence-electron chi connectivity index (χ4n) is 2.49. The number of rotatable bonds is 11. The minimum absolute atomic E-state index is 0.352. The molecule has 1 N–H and O–H groups in total. The molecule has 0 unspecified atom stereocenters. The zero-order chi connectivity index (χ0) is 14.6. The van der Waals surface area contributed by atoms with E-state index in [9.17, 15) is 5.11 Å². The van der Waals surface area contributed by atoms with Crippen molar-refractivity contribution in [1.29, 1.82) is 0 Å². The van der Waals surface area contributed by atoms with E-state index in [1.165, 1.54) is 57.1 Å². The van der Waals surface area contributed by atoms with Crippen molar-refractivity contribution in [2.45, 2.75) is 65.2 Å². The summed E-state index contributed by atoms with van der Waals surface area (Å²) in [5, 5.41) is 9.41. The van der Waals surface area contributed by atoms with Crippen molar-refractivity contribution in [2.75, 3.05) is 18.0 Å². The van der Waals surface area contributed by atoms with Crippen LogP contribution in [0.25, 0.3) is 0 Å². The van der Waals surface area contributed by atoms with Crippen LogP contribution in [0.1, 0.15) is 65.2 Å². The molecule has 0 amide bonds. The lowest BCUT2D eigenvalue weighted by molar-refractivity contribution is 0.475. The largest absolute Gasteiger partial charge is 0.508 e. The summed E-state index contributed by atoms with van der Waals surface area (Å²) in [6.45, 7) is 6.78. The van der Waals surface area contributed by atoms with Gasteiger partial charge in [-0.15, -0.1) is 0 Å². The number of hydrogen-bond acceptors (Lipinski definition) is 2. The van der Waals surface area contributed by atoms with Gasteiger partial charge in [-0.3, -0.25) is 0 Å². The molecule has 0 spiro atoms. The molecule has 0 heterocycles. The van der Waals surface area contributed by atoms with Crippen LogP contribution in [0.4, 0.5) is 5.69 Å². The molecule has 0 saturated heterocycles. The van der Waals surface area contributed by atoms with E-state index in [1.54, 1.807) is 12.1 Å². The molecule has 0 aliphatic carbocycles. The Morgan fingerprint density at radius 2 is 1.25 bits per heavy atom. The molecule has 0 fully saturated rings. The number of hydrogen-bond donors (Lipinski definition) is 1. The average molecular weight is 277 g/mol. The number of phenolic OH excluding ortho intramolecular Hbond substituents is 1. The standard InChI is InChI=1S/C18H31NO/c1-3-5-7-9-15-19(16-10-8-6-4-2)17-11-13-18(20)14-12-17/h11-14,20H,3-10,15-16H2,1-2H3. The maximum absolute atomic E-state index is 9.41. The number of anilines is 1. The lowest BCUT2D eigenvalue weighted by atomic mass is 10.1. The van der Waals surface area contributed by atoms with Crippen LogP contribution in [0.5, 0.6) is 5.75 Å². The second-order valence-electron chi connectivity index (χ2n) is 5.62. The Morgan fingerprint density at radius 1 is 0.750 bits per heavy atom. The van der Waals surface area contributed by atoms with Crippen molar-refractivity contribution < 1.29 is 5.11 Å². The van der Waals surface area contributed by atoms with Crippen LogP contribution in [0.3, 0.4) is 0 Å². The number of benzene rings is 1. The molecule has 1 rings (SSSR count). The minimum Gasteiger partial charge on any atom is -0.508 e. The summed E-state index contributed by atoms with van der Waals surface area (Å²) >= 11 is 0. The van der Waals surface area contributed by atoms with E-state index in [0.29, 0.717) is 5.75 Å². The minimum atomic E-state index is 0.352. The molecule has 0 aliphatic rings. The Balaban J connectivity index is 2.47. The van der Waals surface area contributed by atoms with Gasteiger partial charge < -0.3 is 10.0 Å². The van der Waals surface area contributed by atoms with Gasteiger partial charge in [0.2, 0.25) is 0 Å². The van der Waals surface area contributed by atoms with Gasteiger partial charge in [0.05, 0.1) is 0 Å². The van der Waals surface area contributed by atoms with Crippen LogP contribution in [0.2, 0.25) is 0 Å². The molecular formula is C18H31NO. The van der Waals surface area contributed by atoms with E-state index in [0.717, 1.165) is 13.1 Å². The molecular weight excluding hydrogens is 246 g/mol. The van der Waals surface area contributed by atoms with E-state index in [2.05, 4.69) is 18.7 Å². The van der Waals surface area contributed by atoms with Crippen molar-refractivity contribution in [2.24, 2.45) is 0 Å². The van der Waals surface area contributed by atoms with E-state index in [4.69, 9.17) is 0 Å². The summed E-state index contributed by atoms with van der Waals surface area (Å²) in [4.78, 5) is 2.48. The second kappa shape index (κ2) is 10.6. The topological polar surface area (TPSA) is 23.5 Å². The van der Waals surface area contributed by atoms with Crippen LogP contribution in [-0.4, -0.2) is 18.2 Å². The van der Waals surface area contributed by atoms with Gasteiger partial charge in [0, 0.05) is 18.8 Å². The number of phenols is 1. The van der Waals surface area contributed by atoms with Gasteiger partial charge in [0.15, 0.2) is 0 Å². The fourth-order valence-corrected chi connectivity index (χ4v) is 2.49. The molecule has 0 bridgehead atoms. The number of aromatic hydroxyl groups is 1. The first-order valence-electron chi connectivity index (χ1n) is 8.32. The van der Waals surface area contributed by atoms with E-state index < -0.39 is 0 Å². The predicted molar refractivity (Wildman–Crippen MR) is 88.6 cm³/mol. The smallest absolute Gasteiger partial charge is 0.115 e. The molecule has 1 aromatic rings. The molecule has 0 saturated carbocycles. The highest BCUT2D eigenvalue weighted by molar-refractivity contribution is 5.48. The van der Waals surface area contributed by atoms with Crippen molar-refractivity contribution in [1.82, 2.24) is 0 Å². The van der Waals surface area contributed by atoms with Crippen molar-refractivity contribution >= 4 is 5.69 Å². The normalized spacial score (nSPS) is 10.7. The first-order valence-corrected chi connectivity index (χ1v) is 8.32. The van der Waals surface area contributed by atoms with Gasteiger partial charge >= 0.3 is 0 Å². The van der Waals surface area contributed by atoms with Crippen LogP contribution in [0.15, 0.2) is 24.3 Å². The molecule has 114 valence electrons. The molecule has 0 aliphatic heterocycles. The van der Waals surface area contributed by atoms with Gasteiger partial charge in [-0.1, -0.05) is 52.4 Å². The van der Waals surface area contributed by atoms with Crippen LogP contribution >= 0.6 is 0 Å². The van der Waals surface area contributed by atoms with Gasteiger partial charge in [0.25, 0.3) is 0 Å². The maximum atomic E-state index is 9.41. The first kappa shape index (κ1) is 16.9. The Labute approximate surface area is 124 Å². The lowest BCUT2D eigenvalue weighted by Crippen LogP contribution is -2.25. The highest BCUT2D eigenvalue weighted by Gasteiger charge is 2.06. The molecule has 0 radical (unpaired) electrons. The summed E-state index contributed by atoms with van der Waals surface area (Å²) in [5.74, 6) is 0.352. The first-order chi connectivity index (χ1) is 9.77. The molecule has 0 atom stereocenters. The molecule has 2 heteroatoms. The Morgan fingerprint density at radius 3 is 1.70 bits per heavy atom. The van der Waals surface area contributed by atoms with E-state index in [1.807, 2.05) is 12.1 Å². The summed E-state index contributed by atoms with van der Waals surface area (Å²) < 4.78 is 0. The average Bonchev–Trinajstić information content (AvgIpc) is 2.47.